The Morgan fingerprint density at radius 3 is 2.30 bits per heavy atom. The summed E-state index contributed by atoms with van der Waals surface area (Å²) in [5, 5.41) is 3.05. The van der Waals surface area contributed by atoms with Crippen molar-refractivity contribution >= 4 is 0 Å². The zero-order valence-corrected chi connectivity index (χ0v) is 11.3. The first-order chi connectivity index (χ1) is 9.69. The van der Waals surface area contributed by atoms with E-state index < -0.39 is 11.6 Å². The molecule has 2 aromatic rings. The highest BCUT2D eigenvalue weighted by Gasteiger charge is 2.12. The molecule has 0 bridgehead atoms. The third-order valence-electron chi connectivity index (χ3n) is 3.05. The van der Waals surface area contributed by atoms with Gasteiger partial charge in [-0.1, -0.05) is 18.2 Å². The van der Waals surface area contributed by atoms with Crippen LogP contribution in [0.5, 0.6) is 5.75 Å². The monoisotopic (exact) mass is 277 g/mol. The topological polar surface area (TPSA) is 21.3 Å². The first kappa shape index (κ1) is 14.5. The van der Waals surface area contributed by atoms with E-state index >= 15 is 0 Å². The minimum atomic E-state index is -0.566. The molecule has 1 atom stereocenters. The van der Waals surface area contributed by atoms with Gasteiger partial charge in [-0.15, -0.1) is 0 Å². The molecule has 2 nitrogen and oxygen atoms in total. The van der Waals surface area contributed by atoms with E-state index in [1.54, 1.807) is 7.05 Å². The van der Waals surface area contributed by atoms with Crippen molar-refractivity contribution in [3.8, 4) is 5.75 Å². The first-order valence-electron chi connectivity index (χ1n) is 6.50. The largest absolute Gasteiger partial charge is 0.494 e. The third-order valence-corrected chi connectivity index (χ3v) is 3.05. The first-order valence-corrected chi connectivity index (χ1v) is 6.50. The lowest BCUT2D eigenvalue weighted by atomic mass is 10.0. The number of ether oxygens (including phenoxy) is 1. The lowest BCUT2D eigenvalue weighted by Crippen LogP contribution is -2.19. The Morgan fingerprint density at radius 2 is 1.70 bits per heavy atom. The van der Waals surface area contributed by atoms with Gasteiger partial charge in [-0.05, 0) is 36.9 Å². The Kier molecular flexibility index (Phi) is 5.07. The molecule has 20 heavy (non-hydrogen) atoms. The zero-order valence-electron chi connectivity index (χ0n) is 11.3. The molecular weight excluding hydrogens is 260 g/mol. The number of benzene rings is 2. The summed E-state index contributed by atoms with van der Waals surface area (Å²) in [6, 6.07) is 12.9. The van der Waals surface area contributed by atoms with Gasteiger partial charge in [0.2, 0.25) is 0 Å². The number of hydrogen-bond donors (Lipinski definition) is 1. The summed E-state index contributed by atoms with van der Waals surface area (Å²) in [6.07, 6.45) is 0.619. The van der Waals surface area contributed by atoms with Gasteiger partial charge in [-0.3, -0.25) is 0 Å². The van der Waals surface area contributed by atoms with E-state index in [1.165, 1.54) is 12.1 Å². The Hall–Kier alpha value is -1.94. The van der Waals surface area contributed by atoms with Crippen LogP contribution in [0.3, 0.4) is 0 Å². The van der Waals surface area contributed by atoms with Gasteiger partial charge in [0.25, 0.3) is 0 Å². The maximum atomic E-state index is 13.2. The molecule has 0 radical (unpaired) electrons. The maximum absolute atomic E-state index is 13.2. The normalized spacial score (nSPS) is 12.2. The number of nitrogens with one attached hydrogen (secondary N) is 1. The maximum Gasteiger partial charge on any atom is 0.126 e. The van der Waals surface area contributed by atoms with Crippen LogP contribution >= 0.6 is 0 Å². The lowest BCUT2D eigenvalue weighted by Gasteiger charge is -2.17. The molecule has 0 saturated heterocycles. The van der Waals surface area contributed by atoms with E-state index in [-0.39, 0.29) is 6.04 Å². The predicted octanol–water partition coefficient (Wildman–Crippen LogP) is 3.69. The SMILES string of the molecule is CNC(CCOc1ccccc1)c1cc(F)cc(F)c1. The fraction of sp³-hybridized carbons (Fsp3) is 0.250. The average molecular weight is 277 g/mol. The van der Waals surface area contributed by atoms with Gasteiger partial charge in [0, 0.05) is 18.5 Å². The fourth-order valence-corrected chi connectivity index (χ4v) is 2.07. The van der Waals surface area contributed by atoms with E-state index in [0.717, 1.165) is 11.8 Å². The lowest BCUT2D eigenvalue weighted by molar-refractivity contribution is 0.290. The van der Waals surface area contributed by atoms with Gasteiger partial charge >= 0.3 is 0 Å². The molecule has 4 heteroatoms. The van der Waals surface area contributed by atoms with E-state index in [0.29, 0.717) is 18.6 Å². The summed E-state index contributed by atoms with van der Waals surface area (Å²) in [5.41, 5.74) is 0.585. The molecule has 0 aliphatic heterocycles. The van der Waals surface area contributed by atoms with Gasteiger partial charge in [0.1, 0.15) is 17.4 Å². The molecular formula is C16H17F2NO. The van der Waals surface area contributed by atoms with Crippen molar-refractivity contribution in [2.45, 2.75) is 12.5 Å². The highest BCUT2D eigenvalue weighted by Crippen LogP contribution is 2.20. The second-order valence-electron chi connectivity index (χ2n) is 4.49. The Morgan fingerprint density at radius 1 is 1.05 bits per heavy atom. The van der Waals surface area contributed by atoms with E-state index in [1.807, 2.05) is 30.3 Å². The van der Waals surface area contributed by atoms with E-state index in [4.69, 9.17) is 4.74 Å². The van der Waals surface area contributed by atoms with Gasteiger partial charge in [-0.25, -0.2) is 8.78 Å². The molecule has 0 aliphatic rings. The van der Waals surface area contributed by atoms with Crippen LogP contribution in [0.25, 0.3) is 0 Å². The second-order valence-corrected chi connectivity index (χ2v) is 4.49. The summed E-state index contributed by atoms with van der Waals surface area (Å²) in [4.78, 5) is 0. The number of rotatable bonds is 6. The van der Waals surface area contributed by atoms with Gasteiger partial charge < -0.3 is 10.1 Å². The molecule has 106 valence electrons. The zero-order chi connectivity index (χ0) is 14.4. The molecule has 2 aromatic carbocycles. The van der Waals surface area contributed by atoms with Crippen LogP contribution in [0.1, 0.15) is 18.0 Å². The number of para-hydroxylation sites is 1. The summed E-state index contributed by atoms with van der Waals surface area (Å²) in [5.74, 6) is -0.346. The number of hydrogen-bond acceptors (Lipinski definition) is 2. The predicted molar refractivity (Wildman–Crippen MR) is 74.7 cm³/mol. The van der Waals surface area contributed by atoms with Crippen LogP contribution in [-0.4, -0.2) is 13.7 Å². The Balaban J connectivity index is 1.95. The third kappa shape index (κ3) is 4.03. The molecule has 2 rings (SSSR count). The molecule has 1 unspecified atom stereocenters. The summed E-state index contributed by atoms with van der Waals surface area (Å²) in [7, 11) is 1.76. The van der Waals surface area contributed by atoms with Gasteiger partial charge in [-0.2, -0.15) is 0 Å². The van der Waals surface area contributed by atoms with E-state index in [9.17, 15) is 8.78 Å². The molecule has 0 saturated carbocycles. The fourth-order valence-electron chi connectivity index (χ4n) is 2.07. The minimum Gasteiger partial charge on any atom is -0.494 e. The van der Waals surface area contributed by atoms with Crippen molar-refractivity contribution in [2.75, 3.05) is 13.7 Å². The van der Waals surface area contributed by atoms with Crippen LogP contribution in [-0.2, 0) is 0 Å². The van der Waals surface area contributed by atoms with Gasteiger partial charge in [0.15, 0.2) is 0 Å². The van der Waals surface area contributed by atoms with Crippen molar-refractivity contribution in [3.05, 3.63) is 65.7 Å². The highest BCUT2D eigenvalue weighted by molar-refractivity contribution is 5.22. The van der Waals surface area contributed by atoms with Crippen molar-refractivity contribution in [1.82, 2.24) is 5.32 Å². The van der Waals surface area contributed by atoms with Crippen LogP contribution < -0.4 is 10.1 Å². The van der Waals surface area contributed by atoms with E-state index in [2.05, 4.69) is 5.32 Å². The minimum absolute atomic E-state index is 0.149. The molecule has 0 spiro atoms. The smallest absolute Gasteiger partial charge is 0.126 e. The van der Waals surface area contributed by atoms with Crippen molar-refractivity contribution in [3.63, 3.8) is 0 Å². The summed E-state index contributed by atoms with van der Waals surface area (Å²) >= 11 is 0. The van der Waals surface area contributed by atoms with Crippen LogP contribution in [0, 0.1) is 11.6 Å². The summed E-state index contributed by atoms with van der Waals surface area (Å²) < 4.78 is 32.0. The van der Waals surface area contributed by atoms with Crippen molar-refractivity contribution < 1.29 is 13.5 Å². The Bertz CT molecular complexity index is 525. The Labute approximate surface area is 117 Å². The highest BCUT2D eigenvalue weighted by atomic mass is 19.1. The standard InChI is InChI=1S/C16H17F2NO/c1-19-16(12-9-13(17)11-14(18)10-12)7-8-20-15-5-3-2-4-6-15/h2-6,9-11,16,19H,7-8H2,1H3. The van der Waals surface area contributed by atoms with Crippen molar-refractivity contribution in [2.24, 2.45) is 0 Å². The molecule has 0 heterocycles. The molecule has 0 aromatic heterocycles. The van der Waals surface area contributed by atoms with Crippen molar-refractivity contribution in [1.29, 1.82) is 0 Å². The van der Waals surface area contributed by atoms with Gasteiger partial charge in [0.05, 0.1) is 6.61 Å². The quantitative estimate of drug-likeness (QED) is 0.869. The molecule has 1 N–H and O–H groups in total. The molecule has 0 amide bonds. The number of halogens is 2. The van der Waals surface area contributed by atoms with Crippen LogP contribution in [0.15, 0.2) is 48.5 Å². The van der Waals surface area contributed by atoms with Crippen LogP contribution in [0.2, 0.25) is 0 Å². The average Bonchev–Trinajstić information content (AvgIpc) is 2.43. The molecule has 0 aliphatic carbocycles. The van der Waals surface area contributed by atoms with Crippen LogP contribution in [0.4, 0.5) is 8.78 Å². The second kappa shape index (κ2) is 7.01. The molecule has 0 fully saturated rings. The summed E-state index contributed by atoms with van der Waals surface area (Å²) in [6.45, 7) is 0.466.